The number of nitrogens with zero attached hydrogens (tertiary/aromatic N) is 1. The van der Waals surface area contributed by atoms with E-state index < -0.39 is 5.54 Å². The summed E-state index contributed by atoms with van der Waals surface area (Å²) in [6, 6.07) is 5.74. The molecule has 1 aromatic rings. The molecule has 0 saturated heterocycles. The summed E-state index contributed by atoms with van der Waals surface area (Å²) < 4.78 is 6.27. The SMILES string of the molecule is COc1cccc(Br)c1C1(N=C=O)CCC1. The lowest BCUT2D eigenvalue weighted by atomic mass is 9.72. The first-order valence-corrected chi connectivity index (χ1v) is 5.95. The van der Waals surface area contributed by atoms with E-state index in [4.69, 9.17) is 4.74 Å². The molecular weight excluding hydrogens is 270 g/mol. The standard InChI is InChI=1S/C12H12BrNO2/c1-16-10-5-2-4-9(13)11(10)12(14-8-15)6-3-7-12/h2,4-5H,3,6-7H2,1H3. The minimum Gasteiger partial charge on any atom is -0.496 e. The summed E-state index contributed by atoms with van der Waals surface area (Å²) >= 11 is 3.50. The van der Waals surface area contributed by atoms with Crippen LogP contribution in [0.25, 0.3) is 0 Å². The van der Waals surface area contributed by atoms with Crippen molar-refractivity contribution in [1.82, 2.24) is 0 Å². The van der Waals surface area contributed by atoms with Crippen molar-refractivity contribution in [3.05, 3.63) is 28.2 Å². The van der Waals surface area contributed by atoms with Gasteiger partial charge in [0.05, 0.1) is 7.11 Å². The third kappa shape index (κ3) is 1.68. The summed E-state index contributed by atoms with van der Waals surface area (Å²) in [6.45, 7) is 0. The first-order chi connectivity index (χ1) is 7.73. The molecule has 0 heterocycles. The van der Waals surface area contributed by atoms with Crippen LogP contribution >= 0.6 is 15.9 Å². The molecule has 4 heteroatoms. The average Bonchev–Trinajstić information content (AvgIpc) is 2.24. The molecular formula is C12H12BrNO2. The van der Waals surface area contributed by atoms with E-state index in [9.17, 15) is 4.79 Å². The molecule has 0 aliphatic heterocycles. The largest absolute Gasteiger partial charge is 0.496 e. The second kappa shape index (κ2) is 4.40. The highest BCUT2D eigenvalue weighted by atomic mass is 79.9. The zero-order valence-corrected chi connectivity index (χ0v) is 10.6. The Balaban J connectivity index is 2.57. The maximum absolute atomic E-state index is 10.5. The number of halogens is 1. The van der Waals surface area contributed by atoms with Crippen molar-refractivity contribution in [2.24, 2.45) is 4.99 Å². The molecule has 0 bridgehead atoms. The highest BCUT2D eigenvalue weighted by Gasteiger charge is 2.42. The van der Waals surface area contributed by atoms with Gasteiger partial charge in [0, 0.05) is 10.0 Å². The van der Waals surface area contributed by atoms with Crippen molar-refractivity contribution in [3.8, 4) is 5.75 Å². The Morgan fingerprint density at radius 1 is 1.50 bits per heavy atom. The molecule has 0 radical (unpaired) electrons. The molecule has 0 atom stereocenters. The molecule has 0 N–H and O–H groups in total. The van der Waals surface area contributed by atoms with Gasteiger partial charge < -0.3 is 4.74 Å². The van der Waals surface area contributed by atoms with Gasteiger partial charge in [0.15, 0.2) is 0 Å². The predicted molar refractivity (Wildman–Crippen MR) is 64.3 cm³/mol. The lowest BCUT2D eigenvalue weighted by molar-refractivity contribution is 0.245. The number of methoxy groups -OCH3 is 1. The smallest absolute Gasteiger partial charge is 0.235 e. The van der Waals surface area contributed by atoms with Crippen LogP contribution in [0.4, 0.5) is 0 Å². The fourth-order valence-electron chi connectivity index (χ4n) is 2.14. The Morgan fingerprint density at radius 2 is 2.25 bits per heavy atom. The molecule has 1 aliphatic carbocycles. The van der Waals surface area contributed by atoms with Crippen molar-refractivity contribution >= 4 is 22.0 Å². The first kappa shape index (κ1) is 11.4. The second-order valence-corrected chi connectivity index (χ2v) is 4.76. The number of isocyanates is 1. The van der Waals surface area contributed by atoms with Gasteiger partial charge in [-0.05, 0) is 31.4 Å². The Hall–Kier alpha value is -1.12. The third-order valence-electron chi connectivity index (χ3n) is 3.10. The van der Waals surface area contributed by atoms with Crippen LogP contribution in [-0.4, -0.2) is 13.2 Å². The van der Waals surface area contributed by atoms with Crippen LogP contribution < -0.4 is 4.74 Å². The fourth-order valence-corrected chi connectivity index (χ4v) is 2.86. The van der Waals surface area contributed by atoms with E-state index in [-0.39, 0.29) is 0 Å². The monoisotopic (exact) mass is 281 g/mol. The van der Waals surface area contributed by atoms with Crippen LogP contribution in [0.3, 0.4) is 0 Å². The second-order valence-electron chi connectivity index (χ2n) is 3.91. The molecule has 0 spiro atoms. The van der Waals surface area contributed by atoms with E-state index in [0.717, 1.165) is 35.0 Å². The number of hydrogen-bond acceptors (Lipinski definition) is 3. The van der Waals surface area contributed by atoms with Crippen LogP contribution in [0.2, 0.25) is 0 Å². The molecule has 1 fully saturated rings. The zero-order valence-electron chi connectivity index (χ0n) is 9.00. The van der Waals surface area contributed by atoms with Gasteiger partial charge in [-0.25, -0.2) is 4.79 Å². The number of ether oxygens (including phenoxy) is 1. The van der Waals surface area contributed by atoms with Crippen LogP contribution in [0.1, 0.15) is 24.8 Å². The maximum Gasteiger partial charge on any atom is 0.235 e. The van der Waals surface area contributed by atoms with Gasteiger partial charge in [0.2, 0.25) is 6.08 Å². The number of rotatable bonds is 3. The van der Waals surface area contributed by atoms with Crippen molar-refractivity contribution in [3.63, 3.8) is 0 Å². The Bertz CT molecular complexity index is 448. The Labute approximate surface area is 103 Å². The number of hydrogen-bond donors (Lipinski definition) is 0. The van der Waals surface area contributed by atoms with E-state index in [1.165, 1.54) is 0 Å². The highest BCUT2D eigenvalue weighted by Crippen LogP contribution is 2.50. The molecule has 0 unspecified atom stereocenters. The van der Waals surface area contributed by atoms with Gasteiger partial charge in [0.1, 0.15) is 11.3 Å². The summed E-state index contributed by atoms with van der Waals surface area (Å²) in [5.74, 6) is 0.771. The van der Waals surface area contributed by atoms with Crippen LogP contribution in [0.15, 0.2) is 27.7 Å². The van der Waals surface area contributed by atoms with Crippen molar-refractivity contribution in [2.45, 2.75) is 24.8 Å². The minimum absolute atomic E-state index is 0.423. The lowest BCUT2D eigenvalue weighted by Crippen LogP contribution is -2.32. The molecule has 2 rings (SSSR count). The fraction of sp³-hybridized carbons (Fsp3) is 0.417. The molecule has 0 aromatic heterocycles. The molecule has 0 amide bonds. The van der Waals surface area contributed by atoms with Gasteiger partial charge >= 0.3 is 0 Å². The van der Waals surface area contributed by atoms with Crippen LogP contribution in [0, 0.1) is 0 Å². The Kier molecular flexibility index (Phi) is 3.13. The van der Waals surface area contributed by atoms with Gasteiger partial charge in [0.25, 0.3) is 0 Å². The van der Waals surface area contributed by atoms with Gasteiger partial charge in [-0.1, -0.05) is 22.0 Å². The van der Waals surface area contributed by atoms with Crippen LogP contribution in [0.5, 0.6) is 5.75 Å². The minimum atomic E-state index is -0.423. The van der Waals surface area contributed by atoms with E-state index in [0.29, 0.717) is 0 Å². The van der Waals surface area contributed by atoms with Crippen LogP contribution in [-0.2, 0) is 10.3 Å². The van der Waals surface area contributed by atoms with Crippen molar-refractivity contribution in [2.75, 3.05) is 7.11 Å². The number of aliphatic imine (C=N–C) groups is 1. The van der Waals surface area contributed by atoms with Gasteiger partial charge in [-0.15, -0.1) is 0 Å². The van der Waals surface area contributed by atoms with E-state index >= 15 is 0 Å². The summed E-state index contributed by atoms with van der Waals surface area (Å²) in [6.07, 6.45) is 4.52. The normalized spacial score (nSPS) is 17.1. The quantitative estimate of drug-likeness (QED) is 0.631. The topological polar surface area (TPSA) is 38.7 Å². The third-order valence-corrected chi connectivity index (χ3v) is 3.76. The predicted octanol–water partition coefficient (Wildman–Crippen LogP) is 3.17. The van der Waals surface area contributed by atoms with Gasteiger partial charge in [-0.3, -0.25) is 0 Å². The molecule has 1 saturated carbocycles. The lowest BCUT2D eigenvalue weighted by Gasteiger charge is -2.38. The summed E-state index contributed by atoms with van der Waals surface area (Å²) in [4.78, 5) is 14.5. The van der Waals surface area contributed by atoms with Crippen molar-refractivity contribution < 1.29 is 9.53 Å². The van der Waals surface area contributed by atoms with Gasteiger partial charge in [-0.2, -0.15) is 4.99 Å². The summed E-state index contributed by atoms with van der Waals surface area (Å²) in [5, 5.41) is 0. The van der Waals surface area contributed by atoms with Crippen molar-refractivity contribution in [1.29, 1.82) is 0 Å². The zero-order chi connectivity index (χ0) is 11.6. The maximum atomic E-state index is 10.5. The van der Waals surface area contributed by atoms with E-state index in [1.807, 2.05) is 18.2 Å². The van der Waals surface area contributed by atoms with E-state index in [1.54, 1.807) is 13.2 Å². The molecule has 3 nitrogen and oxygen atoms in total. The Morgan fingerprint density at radius 3 is 2.75 bits per heavy atom. The van der Waals surface area contributed by atoms with E-state index in [2.05, 4.69) is 20.9 Å². The first-order valence-electron chi connectivity index (χ1n) is 5.15. The highest BCUT2D eigenvalue weighted by molar-refractivity contribution is 9.10. The number of benzene rings is 1. The summed E-state index contributed by atoms with van der Waals surface area (Å²) in [5.41, 5.74) is 0.541. The molecule has 1 aromatic carbocycles. The molecule has 1 aliphatic rings. The summed E-state index contributed by atoms with van der Waals surface area (Å²) in [7, 11) is 1.63. The average molecular weight is 282 g/mol. The number of carbonyl (C=O) groups excluding carboxylic acids is 1. The molecule has 16 heavy (non-hydrogen) atoms. The molecule has 84 valence electrons.